The third kappa shape index (κ3) is 1.42. The molecule has 1 heterocycles. The quantitative estimate of drug-likeness (QED) is 0.549. The Kier molecular flexibility index (Phi) is 1.28. The molecule has 0 radical (unpaired) electrons. The molecule has 1 aromatic heterocycles. The third-order valence-corrected chi connectivity index (χ3v) is 3.24. The maximum absolute atomic E-state index is 8.24. The van der Waals surface area contributed by atoms with E-state index in [4.69, 9.17) is 8.22 Å². The van der Waals surface area contributed by atoms with E-state index in [2.05, 4.69) is 31.9 Å². The van der Waals surface area contributed by atoms with E-state index in [1.165, 1.54) is 4.57 Å². The SMILES string of the molecule is [2H]c1c(Br)c([2H])c2c3c([2H])c(Br)c([2H])c([2H])c3n(C)c2c1[2H]. The van der Waals surface area contributed by atoms with Crippen LogP contribution in [0.1, 0.15) is 8.22 Å². The van der Waals surface area contributed by atoms with Gasteiger partial charge in [0.25, 0.3) is 0 Å². The second-order valence-corrected chi connectivity index (χ2v) is 4.97. The van der Waals surface area contributed by atoms with Crippen molar-refractivity contribution in [3.63, 3.8) is 0 Å². The van der Waals surface area contributed by atoms with Crippen LogP contribution in [-0.2, 0) is 7.05 Å². The van der Waals surface area contributed by atoms with Gasteiger partial charge in [-0.2, -0.15) is 0 Å². The average molecular weight is 345 g/mol. The first-order valence-corrected chi connectivity index (χ1v) is 6.11. The summed E-state index contributed by atoms with van der Waals surface area (Å²) in [6.45, 7) is 0. The fraction of sp³-hybridized carbons (Fsp3) is 0.0769. The third-order valence-electron chi connectivity index (χ3n) is 2.45. The van der Waals surface area contributed by atoms with Gasteiger partial charge in [-0.25, -0.2) is 0 Å². The zero-order valence-electron chi connectivity index (χ0n) is 14.2. The predicted octanol–water partition coefficient (Wildman–Crippen LogP) is 4.86. The van der Waals surface area contributed by atoms with Gasteiger partial charge in [0.1, 0.15) is 0 Å². The van der Waals surface area contributed by atoms with Crippen LogP contribution < -0.4 is 0 Å². The fourth-order valence-electron chi connectivity index (χ4n) is 1.73. The van der Waals surface area contributed by atoms with Gasteiger partial charge in [-0.05, 0) is 36.3 Å². The second kappa shape index (κ2) is 3.60. The summed E-state index contributed by atoms with van der Waals surface area (Å²) >= 11 is 6.32. The van der Waals surface area contributed by atoms with E-state index >= 15 is 0 Å². The van der Waals surface area contributed by atoms with E-state index in [-0.39, 0.29) is 45.2 Å². The first kappa shape index (κ1) is 5.69. The lowest BCUT2D eigenvalue weighted by atomic mass is 10.2. The van der Waals surface area contributed by atoms with E-state index < -0.39 is 0 Å². The molecule has 0 N–H and O–H groups in total. The molecule has 3 rings (SSSR count). The Hall–Kier alpha value is -0.800. The van der Waals surface area contributed by atoms with Crippen LogP contribution in [0.3, 0.4) is 0 Å². The van der Waals surface area contributed by atoms with Crippen molar-refractivity contribution in [2.24, 2.45) is 7.05 Å². The van der Waals surface area contributed by atoms with E-state index in [9.17, 15) is 0 Å². The Bertz CT molecular complexity index is 902. The van der Waals surface area contributed by atoms with Gasteiger partial charge in [-0.15, -0.1) is 0 Å². The van der Waals surface area contributed by atoms with Gasteiger partial charge in [0.15, 0.2) is 0 Å². The normalized spacial score (nSPS) is 16.7. The highest BCUT2D eigenvalue weighted by molar-refractivity contribution is 9.10. The maximum atomic E-state index is 8.24. The van der Waals surface area contributed by atoms with Gasteiger partial charge in [-0.3, -0.25) is 0 Å². The molecule has 0 spiro atoms. The van der Waals surface area contributed by atoms with Crippen molar-refractivity contribution in [2.45, 2.75) is 0 Å². The van der Waals surface area contributed by atoms with Gasteiger partial charge in [0, 0.05) is 37.8 Å². The van der Waals surface area contributed by atoms with Crippen molar-refractivity contribution >= 4 is 53.7 Å². The monoisotopic (exact) mass is 343 g/mol. The molecule has 0 fully saturated rings. The van der Waals surface area contributed by atoms with Crippen LogP contribution in [0, 0.1) is 0 Å². The fourth-order valence-corrected chi connectivity index (χ4v) is 2.33. The smallest absolute Gasteiger partial charge is 0.0645 e. The molecule has 0 amide bonds. The lowest BCUT2D eigenvalue weighted by molar-refractivity contribution is 1.01. The number of aryl methyl sites for hydroxylation is 1. The number of hydrogen-bond donors (Lipinski definition) is 0. The van der Waals surface area contributed by atoms with Crippen molar-refractivity contribution in [1.29, 1.82) is 0 Å². The van der Waals surface area contributed by atoms with Crippen molar-refractivity contribution in [1.82, 2.24) is 4.57 Å². The molecule has 0 bridgehead atoms. The minimum absolute atomic E-state index is 0.0131. The number of fused-ring (bicyclic) bond motifs is 3. The Morgan fingerprint density at radius 3 is 1.81 bits per heavy atom. The largest absolute Gasteiger partial charge is 0.344 e. The topological polar surface area (TPSA) is 4.93 Å². The minimum Gasteiger partial charge on any atom is -0.344 e. The molecule has 0 saturated heterocycles. The number of aromatic nitrogens is 1. The number of nitrogens with zero attached hydrogens (tertiary/aromatic N) is 1. The summed E-state index contributed by atoms with van der Waals surface area (Å²) in [7, 11) is 1.63. The molecule has 80 valence electrons. The van der Waals surface area contributed by atoms with Crippen LogP contribution >= 0.6 is 31.9 Å². The number of rotatable bonds is 0. The highest BCUT2D eigenvalue weighted by Crippen LogP contribution is 2.31. The highest BCUT2D eigenvalue weighted by Gasteiger charge is 2.08. The van der Waals surface area contributed by atoms with Crippen LogP contribution in [0.15, 0.2) is 45.2 Å². The summed E-state index contributed by atoms with van der Waals surface area (Å²) in [6.07, 6.45) is 0. The Morgan fingerprint density at radius 1 is 0.938 bits per heavy atom. The molecule has 0 saturated carbocycles. The molecule has 0 aliphatic rings. The predicted molar refractivity (Wildman–Crippen MR) is 75.8 cm³/mol. The molecule has 0 aliphatic carbocycles. The molecule has 2 aromatic carbocycles. The highest BCUT2D eigenvalue weighted by atomic mass is 79.9. The summed E-state index contributed by atoms with van der Waals surface area (Å²) in [4.78, 5) is 0. The van der Waals surface area contributed by atoms with Crippen LogP contribution in [0.5, 0.6) is 0 Å². The number of hydrogen-bond acceptors (Lipinski definition) is 0. The number of halogens is 2. The standard InChI is InChI=1S/C13H9Br2N/c1-16-12-4-2-8(14)6-10(12)11-7-9(15)3-5-13(11)16/h2-7H,1H3/i2D,3D,4D,5D,6D,7D. The first-order chi connectivity index (χ1) is 10.2. The molecule has 1 nitrogen and oxygen atoms in total. The molecule has 0 aliphatic heterocycles. The van der Waals surface area contributed by atoms with E-state index in [0.717, 1.165) is 0 Å². The second-order valence-electron chi connectivity index (χ2n) is 3.38. The van der Waals surface area contributed by atoms with Gasteiger partial charge in [-0.1, -0.05) is 31.9 Å². The molecule has 16 heavy (non-hydrogen) atoms. The first-order valence-electron chi connectivity index (χ1n) is 7.52. The van der Waals surface area contributed by atoms with Crippen LogP contribution in [0.25, 0.3) is 21.8 Å². The van der Waals surface area contributed by atoms with Crippen LogP contribution in [-0.4, -0.2) is 4.57 Å². The summed E-state index contributed by atoms with van der Waals surface area (Å²) in [5, 5.41) is 0.703. The average Bonchev–Trinajstić information content (AvgIpc) is 2.80. The van der Waals surface area contributed by atoms with E-state index in [0.29, 0.717) is 21.8 Å². The lowest BCUT2D eigenvalue weighted by Crippen LogP contribution is -1.85. The molecule has 3 heteroatoms. The Balaban J connectivity index is 2.81. The van der Waals surface area contributed by atoms with Crippen molar-refractivity contribution < 1.29 is 8.22 Å². The van der Waals surface area contributed by atoms with E-state index in [1.807, 2.05) is 0 Å². The van der Waals surface area contributed by atoms with Gasteiger partial charge in [0.05, 0.1) is 8.22 Å². The zero-order chi connectivity index (χ0) is 16.5. The van der Waals surface area contributed by atoms with Gasteiger partial charge < -0.3 is 4.57 Å². The van der Waals surface area contributed by atoms with Crippen LogP contribution in [0.4, 0.5) is 0 Å². The molecule has 0 unspecified atom stereocenters. The molecule has 3 aromatic rings. The maximum Gasteiger partial charge on any atom is 0.0645 e. The summed E-state index contributed by atoms with van der Waals surface area (Å²) in [5.41, 5.74) is 0.653. The van der Waals surface area contributed by atoms with Crippen LogP contribution in [0.2, 0.25) is 0 Å². The van der Waals surface area contributed by atoms with Gasteiger partial charge >= 0.3 is 0 Å². The van der Waals surface area contributed by atoms with Crippen molar-refractivity contribution in [3.8, 4) is 0 Å². The van der Waals surface area contributed by atoms with Crippen molar-refractivity contribution in [3.05, 3.63) is 45.2 Å². The Morgan fingerprint density at radius 2 is 1.38 bits per heavy atom. The Labute approximate surface area is 119 Å². The molecular weight excluding hydrogens is 330 g/mol. The molecule has 0 atom stereocenters. The minimum atomic E-state index is -0.105. The molecular formula is C13H9Br2N. The van der Waals surface area contributed by atoms with E-state index in [1.54, 1.807) is 7.05 Å². The summed E-state index contributed by atoms with van der Waals surface area (Å²) in [5.74, 6) is 0. The lowest BCUT2D eigenvalue weighted by Gasteiger charge is -1.97. The number of benzene rings is 2. The summed E-state index contributed by atoms with van der Waals surface area (Å²) < 4.78 is 50.5. The van der Waals surface area contributed by atoms with Gasteiger partial charge in [0.2, 0.25) is 0 Å². The summed E-state index contributed by atoms with van der Waals surface area (Å²) in [6, 6.07) is -0.326. The zero-order valence-corrected chi connectivity index (χ0v) is 11.4. The van der Waals surface area contributed by atoms with Crippen molar-refractivity contribution in [2.75, 3.05) is 0 Å².